The molecule has 2 heterocycles. The molecule has 0 aliphatic carbocycles. The first kappa shape index (κ1) is 20.8. The molecule has 0 bridgehead atoms. The van der Waals surface area contributed by atoms with Crippen LogP contribution < -0.4 is 61.8 Å². The van der Waals surface area contributed by atoms with Crippen molar-refractivity contribution in [1.82, 2.24) is 10.2 Å². The molecular weight excluding hydrogens is 369 g/mol. The Labute approximate surface area is 183 Å². The van der Waals surface area contributed by atoms with Gasteiger partial charge in [0, 0.05) is 0 Å². The molecule has 1 N–H and O–H groups in total. The first-order chi connectivity index (χ1) is 10.5. The van der Waals surface area contributed by atoms with Gasteiger partial charge in [-0.1, -0.05) is 0 Å². The largest absolute Gasteiger partial charge is 1.00 e. The summed E-state index contributed by atoms with van der Waals surface area (Å²) >= 11 is 2.33. The maximum absolute atomic E-state index is 12.1. The molecule has 0 aromatic rings. The predicted octanol–water partition coefficient (Wildman–Crippen LogP) is -4.75. The molecule has 0 spiro atoms. The van der Waals surface area contributed by atoms with E-state index in [0.717, 1.165) is 16.7 Å². The van der Waals surface area contributed by atoms with Crippen molar-refractivity contribution in [3.8, 4) is 6.07 Å². The second kappa shape index (κ2) is 8.75. The molecule has 0 aromatic carbocycles. The van der Waals surface area contributed by atoms with E-state index in [9.17, 15) is 19.5 Å². The van der Waals surface area contributed by atoms with Gasteiger partial charge in [-0.05, 0) is 6.26 Å². The van der Waals surface area contributed by atoms with Crippen LogP contribution in [0.2, 0.25) is 0 Å². The minimum atomic E-state index is -1.50. The minimum Gasteiger partial charge on any atom is -0.543 e. The number of methoxy groups -OCH3 is 1. The smallest absolute Gasteiger partial charge is 0.543 e. The maximum Gasteiger partial charge on any atom is 1.00 e. The molecule has 2 amide bonds. The Hall–Kier alpha value is -0.224. The van der Waals surface area contributed by atoms with Gasteiger partial charge in [-0.15, -0.1) is 23.5 Å². The number of thioether (sulfide) groups is 2. The number of nitrogens with one attached hydrogen (secondary N) is 1. The summed E-state index contributed by atoms with van der Waals surface area (Å²) in [4.78, 5) is 36.3. The van der Waals surface area contributed by atoms with Gasteiger partial charge in [-0.3, -0.25) is 14.5 Å². The Balaban J connectivity index is 0.00000264. The molecule has 2 rings (SSSR count). The number of carbonyl (C=O) groups is 3. The Morgan fingerprint density at radius 1 is 1.61 bits per heavy atom. The molecule has 1 fully saturated rings. The van der Waals surface area contributed by atoms with Crippen LogP contribution in [0.4, 0.5) is 0 Å². The summed E-state index contributed by atoms with van der Waals surface area (Å²) < 4.78 is 4.97. The number of hydrogen-bond donors (Lipinski definition) is 1. The summed E-state index contributed by atoms with van der Waals surface area (Å²) in [5.41, 5.74) is -0.302. The van der Waals surface area contributed by atoms with Gasteiger partial charge in [0.25, 0.3) is 5.91 Å². The third-order valence-corrected chi connectivity index (χ3v) is 5.31. The number of ether oxygens (including phenoxy) is 1. The number of aliphatic carboxylic acids is 1. The van der Waals surface area contributed by atoms with E-state index in [1.807, 2.05) is 6.07 Å². The molecule has 0 aromatic heterocycles. The van der Waals surface area contributed by atoms with Crippen LogP contribution in [0, 0.1) is 11.3 Å². The number of rotatable bonds is 5. The van der Waals surface area contributed by atoms with Gasteiger partial charge in [0.15, 0.2) is 5.25 Å². The summed E-state index contributed by atoms with van der Waals surface area (Å²) in [6.45, 7) is 0. The van der Waals surface area contributed by atoms with Crippen molar-refractivity contribution in [2.24, 2.45) is 0 Å². The van der Waals surface area contributed by atoms with Crippen molar-refractivity contribution in [1.29, 1.82) is 5.26 Å². The zero-order valence-electron chi connectivity index (χ0n) is 12.7. The van der Waals surface area contributed by atoms with Crippen LogP contribution in [-0.4, -0.2) is 58.5 Å². The van der Waals surface area contributed by atoms with Gasteiger partial charge < -0.3 is 20.0 Å². The van der Waals surface area contributed by atoms with Gasteiger partial charge in [0.2, 0.25) is 5.91 Å². The minimum absolute atomic E-state index is 0. The second-order valence-corrected chi connectivity index (χ2v) is 6.45. The predicted molar refractivity (Wildman–Crippen MR) is 77.0 cm³/mol. The van der Waals surface area contributed by atoms with Crippen molar-refractivity contribution in [3.63, 3.8) is 0 Å². The fourth-order valence-electron chi connectivity index (χ4n) is 2.18. The number of amides is 2. The SMILES string of the molecule is COC1=C(C(=O)[O-])N2C(=O)C(NC(=O)C(C#N)SC)[C@@H]2SC1.[K+]. The van der Waals surface area contributed by atoms with Gasteiger partial charge in [0.05, 0.1) is 24.9 Å². The van der Waals surface area contributed by atoms with Gasteiger partial charge in [0.1, 0.15) is 22.9 Å². The number of carboxylic acids is 1. The van der Waals surface area contributed by atoms with Crippen LogP contribution in [0.5, 0.6) is 0 Å². The molecule has 2 aliphatic rings. The Kier molecular flexibility index (Phi) is 7.92. The molecule has 0 saturated carbocycles. The summed E-state index contributed by atoms with van der Waals surface area (Å²) in [6.07, 6.45) is 1.61. The summed E-state index contributed by atoms with van der Waals surface area (Å²) in [7, 11) is 1.32. The third kappa shape index (κ3) is 3.89. The average Bonchev–Trinajstić information content (AvgIpc) is 2.51. The van der Waals surface area contributed by atoms with Crippen molar-refractivity contribution in [3.05, 3.63) is 11.5 Å². The van der Waals surface area contributed by atoms with Crippen LogP contribution in [0.3, 0.4) is 0 Å². The number of fused-ring (bicyclic) bond motifs is 1. The Morgan fingerprint density at radius 3 is 2.74 bits per heavy atom. The molecule has 2 unspecified atom stereocenters. The fourth-order valence-corrected chi connectivity index (χ4v) is 3.88. The number of hydrogen-bond acceptors (Lipinski definition) is 8. The van der Waals surface area contributed by atoms with E-state index in [0.29, 0.717) is 0 Å². The number of nitriles is 1. The molecule has 0 radical (unpaired) electrons. The fraction of sp³-hybridized carbons (Fsp3) is 0.500. The van der Waals surface area contributed by atoms with Crippen molar-refractivity contribution < 1.29 is 75.6 Å². The summed E-state index contributed by atoms with van der Waals surface area (Å²) in [6, 6.07) is 0.967. The van der Waals surface area contributed by atoms with Crippen molar-refractivity contribution >= 4 is 41.3 Å². The van der Waals surface area contributed by atoms with E-state index in [2.05, 4.69) is 5.32 Å². The standard InChI is InChI=1S/C12H13N3O5S2.K/c1-20-5-4-22-11-7(14-9(16)6(3-13)21-2)10(17)15(11)8(5)12(18)19;/h6-7,11H,4H2,1-2H3,(H,14,16)(H,18,19);/q;+1/p-1/t6?,7?,11-;/m0./s1. The van der Waals surface area contributed by atoms with E-state index >= 15 is 0 Å². The average molecular weight is 381 g/mol. The van der Waals surface area contributed by atoms with Crippen molar-refractivity contribution in [2.75, 3.05) is 19.1 Å². The normalized spacial score (nSPS) is 23.7. The first-order valence-electron chi connectivity index (χ1n) is 6.12. The number of nitrogens with zero attached hydrogens (tertiary/aromatic N) is 2. The quantitative estimate of drug-likeness (QED) is 0.372. The zero-order chi connectivity index (χ0) is 16.4. The monoisotopic (exact) mass is 381 g/mol. The molecule has 11 heteroatoms. The zero-order valence-corrected chi connectivity index (χ0v) is 17.4. The first-order valence-corrected chi connectivity index (χ1v) is 8.45. The molecule has 1 saturated heterocycles. The van der Waals surface area contributed by atoms with Gasteiger partial charge in [-0.2, -0.15) is 5.26 Å². The molecule has 118 valence electrons. The summed E-state index contributed by atoms with van der Waals surface area (Å²) in [5.74, 6) is -2.22. The third-order valence-electron chi connectivity index (χ3n) is 3.26. The van der Waals surface area contributed by atoms with E-state index in [1.165, 1.54) is 18.9 Å². The van der Waals surface area contributed by atoms with Crippen LogP contribution in [-0.2, 0) is 19.1 Å². The molecule has 3 atom stereocenters. The number of carbonyl (C=O) groups excluding carboxylic acids is 3. The van der Waals surface area contributed by atoms with Crippen LogP contribution in [0.15, 0.2) is 11.5 Å². The Bertz CT molecular complexity index is 606. The van der Waals surface area contributed by atoms with E-state index in [-0.39, 0.29) is 68.6 Å². The van der Waals surface area contributed by atoms with Crippen molar-refractivity contribution in [2.45, 2.75) is 16.7 Å². The molecule has 8 nitrogen and oxygen atoms in total. The molecular formula is C12H12KN3O5S2. The number of carboxylic acid groups (broad SMARTS) is 1. The van der Waals surface area contributed by atoms with Crippen LogP contribution >= 0.6 is 23.5 Å². The van der Waals surface area contributed by atoms with E-state index in [1.54, 1.807) is 6.26 Å². The maximum atomic E-state index is 12.1. The van der Waals surface area contributed by atoms with E-state index in [4.69, 9.17) is 10.00 Å². The molecule has 2 aliphatic heterocycles. The van der Waals surface area contributed by atoms with Crippen LogP contribution in [0.25, 0.3) is 0 Å². The van der Waals surface area contributed by atoms with Gasteiger partial charge in [-0.25, -0.2) is 0 Å². The second-order valence-electron chi connectivity index (χ2n) is 4.40. The molecule has 23 heavy (non-hydrogen) atoms. The van der Waals surface area contributed by atoms with Gasteiger partial charge >= 0.3 is 51.4 Å². The number of β-lactam (4-membered cyclic amide) rings is 1. The Morgan fingerprint density at radius 2 is 2.26 bits per heavy atom. The summed E-state index contributed by atoms with van der Waals surface area (Å²) in [5, 5.41) is 21.1. The topological polar surface area (TPSA) is 123 Å². The van der Waals surface area contributed by atoms with Crippen LogP contribution in [0.1, 0.15) is 0 Å². The van der Waals surface area contributed by atoms with E-state index < -0.39 is 34.4 Å².